The first-order valence-corrected chi connectivity index (χ1v) is 9.44. The van der Waals surface area contributed by atoms with E-state index in [0.717, 1.165) is 0 Å². The molecule has 0 aromatic heterocycles. The Bertz CT molecular complexity index is 954. The van der Waals surface area contributed by atoms with Gasteiger partial charge in [-0.3, -0.25) is 4.79 Å². The Morgan fingerprint density at radius 2 is 1.76 bits per heavy atom. The minimum atomic E-state index is -3.80. The highest BCUT2D eigenvalue weighted by atomic mass is 35.5. The van der Waals surface area contributed by atoms with Gasteiger partial charge >= 0.3 is 5.97 Å². The molecule has 2 aliphatic rings. The van der Waals surface area contributed by atoms with Gasteiger partial charge in [-0.25, -0.2) is 8.42 Å². The van der Waals surface area contributed by atoms with Gasteiger partial charge in [-0.1, -0.05) is 17.7 Å². The molecule has 2 aromatic carbocycles. The summed E-state index contributed by atoms with van der Waals surface area (Å²) in [6, 6.07) is 10.7. The first-order chi connectivity index (χ1) is 11.9. The van der Waals surface area contributed by atoms with Gasteiger partial charge in [-0.15, -0.1) is 0 Å². The van der Waals surface area contributed by atoms with Gasteiger partial charge in [-0.2, -0.15) is 0 Å². The van der Waals surface area contributed by atoms with E-state index in [4.69, 9.17) is 21.1 Å². The second-order valence-electron chi connectivity index (χ2n) is 5.97. The van der Waals surface area contributed by atoms with Crippen LogP contribution in [0.4, 0.5) is 0 Å². The zero-order valence-corrected chi connectivity index (χ0v) is 14.3. The Balaban J connectivity index is 1.71. The van der Waals surface area contributed by atoms with Crippen LogP contribution in [0.2, 0.25) is 5.02 Å². The Morgan fingerprint density at radius 1 is 1.08 bits per heavy atom. The van der Waals surface area contributed by atoms with Crippen molar-refractivity contribution in [1.82, 2.24) is 0 Å². The second kappa shape index (κ2) is 5.64. The zero-order chi connectivity index (χ0) is 17.8. The lowest BCUT2D eigenvalue weighted by atomic mass is 10.1. The summed E-state index contributed by atoms with van der Waals surface area (Å²) in [6.45, 7) is 0.0955. The van der Waals surface area contributed by atoms with Crippen LogP contribution in [0, 0.1) is 5.92 Å². The third kappa shape index (κ3) is 2.63. The van der Waals surface area contributed by atoms with E-state index in [1.54, 1.807) is 18.2 Å². The summed E-state index contributed by atoms with van der Waals surface area (Å²) in [7, 11) is -3.80. The highest BCUT2D eigenvalue weighted by Crippen LogP contribution is 2.55. The van der Waals surface area contributed by atoms with Crippen LogP contribution in [0.5, 0.6) is 11.5 Å². The molecule has 2 aromatic rings. The monoisotopic (exact) mass is 380 g/mol. The number of hydrogen-bond acceptors (Lipinski definition) is 5. The van der Waals surface area contributed by atoms with Gasteiger partial charge in [-0.05, 0) is 42.0 Å². The lowest BCUT2D eigenvalue weighted by molar-refractivity contribution is -0.138. The van der Waals surface area contributed by atoms with Crippen molar-refractivity contribution in [3.8, 4) is 11.5 Å². The number of rotatable bonds is 4. The van der Waals surface area contributed by atoms with E-state index in [1.807, 2.05) is 0 Å². The minimum absolute atomic E-state index is 0.0661. The average Bonchev–Trinajstić information content (AvgIpc) is 3.18. The predicted molar refractivity (Wildman–Crippen MR) is 88.9 cm³/mol. The third-order valence-electron chi connectivity index (χ3n) is 4.52. The van der Waals surface area contributed by atoms with Gasteiger partial charge in [0, 0.05) is 10.9 Å². The van der Waals surface area contributed by atoms with Crippen molar-refractivity contribution >= 4 is 27.4 Å². The quantitative estimate of drug-likeness (QED) is 0.877. The largest absolute Gasteiger partial charge is 0.481 e. The van der Waals surface area contributed by atoms with Crippen LogP contribution in [0.25, 0.3) is 0 Å². The molecule has 1 N–H and O–H groups in total. The normalized spacial score (nSPS) is 24.1. The van der Waals surface area contributed by atoms with Crippen LogP contribution in [-0.2, 0) is 14.6 Å². The molecule has 130 valence electrons. The molecule has 0 unspecified atom stereocenters. The average molecular weight is 381 g/mol. The van der Waals surface area contributed by atoms with Crippen LogP contribution >= 0.6 is 11.6 Å². The molecule has 1 heterocycles. The summed E-state index contributed by atoms with van der Waals surface area (Å²) in [4.78, 5) is 11.6. The van der Waals surface area contributed by atoms with Crippen molar-refractivity contribution in [2.75, 3.05) is 6.79 Å². The zero-order valence-electron chi connectivity index (χ0n) is 12.8. The number of aliphatic carboxylic acids is 1. The summed E-state index contributed by atoms with van der Waals surface area (Å²) in [6.07, 6.45) is 0. The highest BCUT2D eigenvalue weighted by Gasteiger charge is 2.63. The second-order valence-corrected chi connectivity index (χ2v) is 8.51. The number of carboxylic acid groups (broad SMARTS) is 1. The minimum Gasteiger partial charge on any atom is -0.481 e. The van der Waals surface area contributed by atoms with Crippen LogP contribution in [0.3, 0.4) is 0 Å². The van der Waals surface area contributed by atoms with Crippen LogP contribution in [0.15, 0.2) is 47.4 Å². The third-order valence-corrected chi connectivity index (χ3v) is 7.01. The van der Waals surface area contributed by atoms with Gasteiger partial charge in [0.15, 0.2) is 21.3 Å². The van der Waals surface area contributed by atoms with Gasteiger partial charge < -0.3 is 14.6 Å². The van der Waals surface area contributed by atoms with Crippen molar-refractivity contribution in [2.24, 2.45) is 5.92 Å². The van der Waals surface area contributed by atoms with Gasteiger partial charge in [0.05, 0.1) is 16.1 Å². The number of fused-ring (bicyclic) bond motifs is 1. The maximum Gasteiger partial charge on any atom is 0.308 e. The fourth-order valence-corrected chi connectivity index (χ4v) is 5.51. The van der Waals surface area contributed by atoms with E-state index >= 15 is 0 Å². The molecule has 4 rings (SSSR count). The molecule has 0 saturated heterocycles. The van der Waals surface area contributed by atoms with Crippen LogP contribution in [-0.4, -0.2) is 31.5 Å². The SMILES string of the molecule is O=C(O)[C@@H]1[C@@H](c2ccc3c(c2)OCO3)[C@H]1S(=O)(=O)c1ccc(Cl)cc1. The predicted octanol–water partition coefficient (Wildman–Crippen LogP) is 2.71. The number of carboxylic acids is 1. The van der Waals surface area contributed by atoms with Crippen molar-refractivity contribution in [3.63, 3.8) is 0 Å². The number of carbonyl (C=O) groups is 1. The lowest BCUT2D eigenvalue weighted by Crippen LogP contribution is -2.13. The van der Waals surface area contributed by atoms with Crippen molar-refractivity contribution in [3.05, 3.63) is 53.1 Å². The van der Waals surface area contributed by atoms with Gasteiger partial charge in [0.1, 0.15) is 0 Å². The van der Waals surface area contributed by atoms with E-state index < -0.39 is 32.9 Å². The van der Waals surface area contributed by atoms with Crippen LogP contribution in [0.1, 0.15) is 11.5 Å². The maximum atomic E-state index is 12.9. The number of benzene rings is 2. The number of hydrogen-bond donors (Lipinski definition) is 1. The Labute approximate surface area is 148 Å². The Hall–Kier alpha value is -2.25. The molecular formula is C17H13ClO6S. The van der Waals surface area contributed by atoms with Crippen molar-refractivity contribution in [2.45, 2.75) is 16.1 Å². The van der Waals surface area contributed by atoms with Gasteiger partial charge in [0.2, 0.25) is 6.79 Å². The van der Waals surface area contributed by atoms with Crippen molar-refractivity contribution < 1.29 is 27.8 Å². The highest BCUT2D eigenvalue weighted by molar-refractivity contribution is 7.92. The molecule has 1 saturated carbocycles. The summed E-state index contributed by atoms with van der Waals surface area (Å²) < 4.78 is 36.3. The molecule has 6 nitrogen and oxygen atoms in total. The number of halogens is 1. The summed E-state index contributed by atoms with van der Waals surface area (Å²) in [5, 5.41) is 8.85. The van der Waals surface area contributed by atoms with E-state index in [9.17, 15) is 18.3 Å². The smallest absolute Gasteiger partial charge is 0.308 e. The standard InChI is InChI=1S/C17H13ClO6S/c18-10-2-4-11(5-3-10)25(21,22)16-14(15(16)17(19)20)9-1-6-12-13(7-9)24-8-23-12/h1-7,14-16H,8H2,(H,19,20)/t14-,15-,16-/m1/s1. The molecule has 25 heavy (non-hydrogen) atoms. The lowest BCUT2D eigenvalue weighted by Gasteiger charge is -2.05. The van der Waals surface area contributed by atoms with Crippen molar-refractivity contribution in [1.29, 1.82) is 0 Å². The van der Waals surface area contributed by atoms with Gasteiger partial charge in [0.25, 0.3) is 0 Å². The van der Waals surface area contributed by atoms with E-state index in [0.29, 0.717) is 22.1 Å². The molecule has 0 radical (unpaired) electrons. The molecule has 0 bridgehead atoms. The molecule has 0 amide bonds. The number of ether oxygens (including phenoxy) is 2. The first kappa shape index (κ1) is 16.2. The summed E-state index contributed by atoms with van der Waals surface area (Å²) in [5.41, 5.74) is 0.610. The molecule has 0 spiro atoms. The fourth-order valence-electron chi connectivity index (χ4n) is 3.26. The maximum absolute atomic E-state index is 12.9. The van der Waals surface area contributed by atoms with E-state index in [-0.39, 0.29) is 11.7 Å². The molecular weight excluding hydrogens is 368 g/mol. The molecule has 1 fully saturated rings. The summed E-state index contributed by atoms with van der Waals surface area (Å²) >= 11 is 5.80. The first-order valence-electron chi connectivity index (χ1n) is 7.51. The topological polar surface area (TPSA) is 89.9 Å². The van der Waals surface area contributed by atoms with E-state index in [2.05, 4.69) is 0 Å². The summed E-state index contributed by atoms with van der Waals surface area (Å²) in [5.74, 6) is -1.71. The molecule has 1 aliphatic carbocycles. The Kier molecular flexibility index (Phi) is 3.66. The molecule has 3 atom stereocenters. The number of sulfone groups is 1. The molecule has 8 heteroatoms. The Morgan fingerprint density at radius 3 is 2.44 bits per heavy atom. The van der Waals surface area contributed by atoms with Crippen LogP contribution < -0.4 is 9.47 Å². The van der Waals surface area contributed by atoms with E-state index in [1.165, 1.54) is 24.3 Å². The molecule has 1 aliphatic heterocycles. The fraction of sp³-hybridized carbons (Fsp3) is 0.235.